The molecule has 0 spiro atoms. The molecule has 21 heavy (non-hydrogen) atoms. The normalized spacial score (nSPS) is 14.3. The second kappa shape index (κ2) is 7.47. The summed E-state index contributed by atoms with van der Waals surface area (Å²) in [6.45, 7) is 2.67. The van der Waals surface area contributed by atoms with Gasteiger partial charge in [0.25, 0.3) is 5.91 Å². The monoisotopic (exact) mass is 412 g/mol. The van der Waals surface area contributed by atoms with Crippen LogP contribution in [0.25, 0.3) is 0 Å². The van der Waals surface area contributed by atoms with Crippen molar-refractivity contribution in [3.05, 3.63) is 39.1 Å². The van der Waals surface area contributed by atoms with Gasteiger partial charge < -0.3 is 10.6 Å². The highest BCUT2D eigenvalue weighted by molar-refractivity contribution is 14.1. The Morgan fingerprint density at radius 3 is 3.00 bits per heavy atom. The van der Waals surface area contributed by atoms with Gasteiger partial charge in [-0.3, -0.25) is 9.79 Å². The molecule has 2 N–H and O–H groups in total. The Morgan fingerprint density at radius 1 is 1.57 bits per heavy atom. The van der Waals surface area contributed by atoms with Crippen LogP contribution in [0.15, 0.2) is 35.0 Å². The number of amides is 1. The number of hydrogen-bond donors (Lipinski definition) is 2. The summed E-state index contributed by atoms with van der Waals surface area (Å²) in [5.74, 6) is 0.490. The molecule has 0 saturated heterocycles. The van der Waals surface area contributed by atoms with Gasteiger partial charge >= 0.3 is 0 Å². The van der Waals surface area contributed by atoms with E-state index in [0.717, 1.165) is 26.6 Å². The first-order valence-corrected chi connectivity index (χ1v) is 8.28. The highest BCUT2D eigenvalue weighted by Gasteiger charge is 2.12. The molecule has 0 fully saturated rings. The average Bonchev–Trinajstić information content (AvgIpc) is 2.96. The van der Waals surface area contributed by atoms with Gasteiger partial charge in [0.05, 0.1) is 6.54 Å². The minimum atomic E-state index is -0.432. The third kappa shape index (κ3) is 4.47. The van der Waals surface area contributed by atoms with Crippen molar-refractivity contribution in [2.75, 3.05) is 17.6 Å². The van der Waals surface area contributed by atoms with E-state index in [9.17, 15) is 4.79 Å². The van der Waals surface area contributed by atoms with Gasteiger partial charge in [0.2, 0.25) is 0 Å². The summed E-state index contributed by atoms with van der Waals surface area (Å²) in [6.07, 6.45) is 1.40. The highest BCUT2D eigenvalue weighted by Crippen LogP contribution is 2.18. The van der Waals surface area contributed by atoms with Gasteiger partial charge in [-0.1, -0.05) is 11.8 Å². The van der Waals surface area contributed by atoms with E-state index < -0.39 is 5.91 Å². The third-order valence-electron chi connectivity index (χ3n) is 2.73. The molecule has 0 atom stereocenters. The first kappa shape index (κ1) is 15.9. The van der Waals surface area contributed by atoms with Gasteiger partial charge in [-0.15, -0.1) is 0 Å². The molecule has 0 aliphatic carbocycles. The number of rotatable bonds is 3. The van der Waals surface area contributed by atoms with Crippen molar-refractivity contribution in [3.8, 4) is 6.07 Å². The molecule has 1 amide bonds. The van der Waals surface area contributed by atoms with Crippen LogP contribution in [-0.2, 0) is 4.79 Å². The Kier molecular flexibility index (Phi) is 5.64. The van der Waals surface area contributed by atoms with Crippen LogP contribution in [0.4, 0.5) is 5.69 Å². The van der Waals surface area contributed by atoms with E-state index >= 15 is 0 Å². The second-order valence-electron chi connectivity index (χ2n) is 4.26. The maximum Gasteiger partial charge on any atom is 0.267 e. The van der Waals surface area contributed by atoms with Crippen molar-refractivity contribution in [1.82, 2.24) is 5.32 Å². The first-order chi connectivity index (χ1) is 10.1. The summed E-state index contributed by atoms with van der Waals surface area (Å²) in [4.78, 5) is 16.3. The van der Waals surface area contributed by atoms with Gasteiger partial charge in [0.15, 0.2) is 5.17 Å². The predicted octanol–water partition coefficient (Wildman–Crippen LogP) is 2.64. The Hall–Kier alpha value is -1.53. The fraction of sp³-hybridized carbons (Fsp3) is 0.214. The zero-order valence-electron chi connectivity index (χ0n) is 11.3. The summed E-state index contributed by atoms with van der Waals surface area (Å²) in [5.41, 5.74) is 1.67. The number of anilines is 1. The lowest BCUT2D eigenvalue weighted by atomic mass is 10.2. The molecule has 5 nitrogen and oxygen atoms in total. The Morgan fingerprint density at radius 2 is 2.38 bits per heavy atom. The lowest BCUT2D eigenvalue weighted by Gasteiger charge is -2.08. The van der Waals surface area contributed by atoms with Crippen molar-refractivity contribution in [2.24, 2.45) is 4.99 Å². The smallest absolute Gasteiger partial charge is 0.267 e. The summed E-state index contributed by atoms with van der Waals surface area (Å²) in [7, 11) is 0. The number of nitriles is 1. The molecule has 1 heterocycles. The fourth-order valence-corrected chi connectivity index (χ4v) is 3.01. The zero-order chi connectivity index (χ0) is 15.2. The van der Waals surface area contributed by atoms with E-state index in [1.807, 2.05) is 31.2 Å². The lowest BCUT2D eigenvalue weighted by molar-refractivity contribution is -0.112. The minimum Gasteiger partial charge on any atom is -0.340 e. The van der Waals surface area contributed by atoms with Crippen LogP contribution in [0.2, 0.25) is 0 Å². The summed E-state index contributed by atoms with van der Waals surface area (Å²) in [5, 5.41) is 15.5. The van der Waals surface area contributed by atoms with E-state index in [0.29, 0.717) is 5.69 Å². The zero-order valence-corrected chi connectivity index (χ0v) is 14.3. The summed E-state index contributed by atoms with van der Waals surface area (Å²) in [6, 6.07) is 7.60. The summed E-state index contributed by atoms with van der Waals surface area (Å²) >= 11 is 3.78. The van der Waals surface area contributed by atoms with Crippen LogP contribution in [-0.4, -0.2) is 23.4 Å². The fourth-order valence-electron chi connectivity index (χ4n) is 1.66. The Bertz CT molecular complexity index is 663. The molecule has 0 saturated carbocycles. The van der Waals surface area contributed by atoms with E-state index in [4.69, 9.17) is 5.26 Å². The number of nitrogens with zero attached hydrogens (tertiary/aromatic N) is 2. The number of carbonyl (C=O) groups excluding carboxylic acids is 1. The molecular weight excluding hydrogens is 399 g/mol. The van der Waals surface area contributed by atoms with E-state index in [2.05, 4.69) is 38.2 Å². The minimum absolute atomic E-state index is 0.0168. The number of hydrogen-bond acceptors (Lipinski definition) is 5. The molecular formula is C14H13IN4OS. The van der Waals surface area contributed by atoms with Crippen LogP contribution >= 0.6 is 34.4 Å². The number of thioether (sulfide) groups is 1. The Labute approximate surface area is 141 Å². The topological polar surface area (TPSA) is 77.3 Å². The molecule has 0 bridgehead atoms. The third-order valence-corrected chi connectivity index (χ3v) is 4.31. The number of halogens is 1. The number of benzene rings is 1. The molecule has 1 aliphatic heterocycles. The van der Waals surface area contributed by atoms with Crippen molar-refractivity contribution in [2.45, 2.75) is 6.92 Å². The highest BCUT2D eigenvalue weighted by atomic mass is 127. The van der Waals surface area contributed by atoms with Gasteiger partial charge in [-0.25, -0.2) is 0 Å². The number of aryl methyl sites for hydroxylation is 1. The van der Waals surface area contributed by atoms with Crippen molar-refractivity contribution < 1.29 is 4.79 Å². The Balaban J connectivity index is 2.06. The van der Waals surface area contributed by atoms with E-state index in [-0.39, 0.29) is 5.57 Å². The second-order valence-corrected chi connectivity index (χ2v) is 6.59. The van der Waals surface area contributed by atoms with Crippen molar-refractivity contribution >= 4 is 51.1 Å². The number of amidine groups is 1. The maximum atomic E-state index is 12.1. The van der Waals surface area contributed by atoms with Crippen LogP contribution in [0.1, 0.15) is 5.56 Å². The molecule has 0 unspecified atom stereocenters. The van der Waals surface area contributed by atoms with Crippen LogP contribution in [0, 0.1) is 21.8 Å². The van der Waals surface area contributed by atoms with E-state index in [1.165, 1.54) is 6.20 Å². The average molecular weight is 412 g/mol. The number of nitrogens with one attached hydrogen (secondary N) is 2. The summed E-state index contributed by atoms with van der Waals surface area (Å²) < 4.78 is 1.09. The van der Waals surface area contributed by atoms with E-state index in [1.54, 1.807) is 11.8 Å². The quantitative estimate of drug-likeness (QED) is 0.455. The molecule has 0 radical (unpaired) electrons. The van der Waals surface area contributed by atoms with Crippen LogP contribution in [0.5, 0.6) is 0 Å². The molecule has 1 aromatic carbocycles. The van der Waals surface area contributed by atoms with Crippen LogP contribution < -0.4 is 10.6 Å². The SMILES string of the molecule is Cc1cc(I)ccc1NC(=O)/C(C#N)=C\NC1=NCCS1. The molecule has 108 valence electrons. The number of aliphatic imine (C=N–C) groups is 1. The molecule has 7 heteroatoms. The van der Waals surface area contributed by atoms with Crippen molar-refractivity contribution in [3.63, 3.8) is 0 Å². The van der Waals surface area contributed by atoms with Gasteiger partial charge in [-0.2, -0.15) is 5.26 Å². The molecule has 1 aromatic rings. The predicted molar refractivity (Wildman–Crippen MR) is 94.1 cm³/mol. The van der Waals surface area contributed by atoms with Gasteiger partial charge in [0, 0.05) is 21.2 Å². The maximum absolute atomic E-state index is 12.1. The lowest BCUT2D eigenvalue weighted by Crippen LogP contribution is -2.19. The first-order valence-electron chi connectivity index (χ1n) is 6.21. The van der Waals surface area contributed by atoms with Crippen molar-refractivity contribution in [1.29, 1.82) is 5.26 Å². The molecule has 0 aromatic heterocycles. The molecule has 1 aliphatic rings. The largest absolute Gasteiger partial charge is 0.340 e. The molecule has 2 rings (SSSR count). The number of carbonyl (C=O) groups is 1. The van der Waals surface area contributed by atoms with Crippen LogP contribution in [0.3, 0.4) is 0 Å². The standard InChI is InChI=1S/C14H13IN4OS/c1-9-6-11(15)2-3-12(9)19-13(20)10(7-16)8-18-14-17-4-5-21-14/h2-3,6,8H,4-5H2,1H3,(H,17,18)(H,19,20)/b10-8-. The van der Waals surface area contributed by atoms with Gasteiger partial charge in [0.1, 0.15) is 11.6 Å². The van der Waals surface area contributed by atoms with Gasteiger partial charge in [-0.05, 0) is 53.3 Å².